The molecule has 19 heavy (non-hydrogen) atoms. The molecule has 0 aliphatic carbocycles. The van der Waals surface area contributed by atoms with Gasteiger partial charge in [0.1, 0.15) is 0 Å². The van der Waals surface area contributed by atoms with Gasteiger partial charge in [-0.15, -0.1) is 0 Å². The molecule has 1 N–H and O–H groups in total. The molecule has 0 amide bonds. The van der Waals surface area contributed by atoms with Crippen LogP contribution in [0.4, 0.5) is 5.69 Å². The number of hydrogen-bond donors (Lipinski definition) is 1. The Morgan fingerprint density at radius 2 is 1.89 bits per heavy atom. The Balaban J connectivity index is 1.87. The van der Waals surface area contributed by atoms with Crippen LogP contribution < -0.4 is 4.90 Å². The minimum Gasteiger partial charge on any atom is -0.392 e. The quantitative estimate of drug-likeness (QED) is 0.889. The molecule has 0 fully saturated rings. The SMILES string of the molecule is Cc1cc(N2CCc3ccccc3C2)ccc1CO. The van der Waals surface area contributed by atoms with Crippen molar-refractivity contribution in [1.82, 2.24) is 0 Å². The van der Waals surface area contributed by atoms with E-state index in [0.29, 0.717) is 0 Å². The third-order valence-corrected chi connectivity index (χ3v) is 3.99. The minimum atomic E-state index is 0.120. The molecule has 2 heteroatoms. The molecule has 2 aromatic rings. The summed E-state index contributed by atoms with van der Waals surface area (Å²) in [5, 5.41) is 9.24. The summed E-state index contributed by atoms with van der Waals surface area (Å²) in [5.41, 5.74) is 6.34. The number of rotatable bonds is 2. The van der Waals surface area contributed by atoms with Crippen molar-refractivity contribution in [2.75, 3.05) is 11.4 Å². The topological polar surface area (TPSA) is 23.5 Å². The van der Waals surface area contributed by atoms with Gasteiger partial charge in [-0.3, -0.25) is 0 Å². The fraction of sp³-hybridized carbons (Fsp3) is 0.294. The van der Waals surface area contributed by atoms with E-state index in [1.54, 1.807) is 0 Å². The van der Waals surface area contributed by atoms with Gasteiger partial charge in [0.25, 0.3) is 0 Å². The van der Waals surface area contributed by atoms with Gasteiger partial charge in [-0.25, -0.2) is 0 Å². The number of aliphatic hydroxyl groups excluding tert-OH is 1. The molecule has 0 saturated heterocycles. The molecular weight excluding hydrogens is 234 g/mol. The third kappa shape index (κ3) is 2.36. The summed E-state index contributed by atoms with van der Waals surface area (Å²) in [7, 11) is 0. The average molecular weight is 253 g/mol. The lowest BCUT2D eigenvalue weighted by atomic mass is 9.99. The van der Waals surface area contributed by atoms with Crippen LogP contribution >= 0.6 is 0 Å². The summed E-state index contributed by atoms with van der Waals surface area (Å²) in [5.74, 6) is 0. The Kier molecular flexibility index (Phi) is 3.26. The van der Waals surface area contributed by atoms with Gasteiger partial charge in [-0.05, 0) is 47.7 Å². The first-order valence-electron chi connectivity index (χ1n) is 6.80. The summed E-state index contributed by atoms with van der Waals surface area (Å²) >= 11 is 0. The normalized spacial score (nSPS) is 14.3. The Bertz CT molecular complexity index is 592. The Morgan fingerprint density at radius 3 is 2.63 bits per heavy atom. The summed E-state index contributed by atoms with van der Waals surface area (Å²) in [6, 6.07) is 15.0. The molecule has 0 unspecified atom stereocenters. The van der Waals surface area contributed by atoms with Crippen LogP contribution in [0.15, 0.2) is 42.5 Å². The van der Waals surface area contributed by atoms with Gasteiger partial charge in [0.05, 0.1) is 6.61 Å². The number of aliphatic hydroxyl groups is 1. The monoisotopic (exact) mass is 253 g/mol. The van der Waals surface area contributed by atoms with Crippen molar-refractivity contribution in [3.8, 4) is 0 Å². The maximum atomic E-state index is 9.24. The van der Waals surface area contributed by atoms with Gasteiger partial charge in [0.2, 0.25) is 0 Å². The van der Waals surface area contributed by atoms with Gasteiger partial charge >= 0.3 is 0 Å². The highest BCUT2D eigenvalue weighted by Gasteiger charge is 2.16. The van der Waals surface area contributed by atoms with E-state index in [1.807, 2.05) is 6.07 Å². The maximum Gasteiger partial charge on any atom is 0.0684 e. The number of aryl methyl sites for hydroxylation is 1. The second-order valence-corrected chi connectivity index (χ2v) is 5.21. The summed E-state index contributed by atoms with van der Waals surface area (Å²) < 4.78 is 0. The molecule has 98 valence electrons. The largest absolute Gasteiger partial charge is 0.392 e. The standard InChI is InChI=1S/C17H19NO/c1-13-10-17(7-6-16(13)12-19)18-9-8-14-4-2-3-5-15(14)11-18/h2-7,10,19H,8-9,11-12H2,1H3. The van der Waals surface area contributed by atoms with Crippen LogP contribution in [0.25, 0.3) is 0 Å². The summed E-state index contributed by atoms with van der Waals surface area (Å²) in [6.45, 7) is 4.23. The average Bonchev–Trinajstić information content (AvgIpc) is 2.46. The van der Waals surface area contributed by atoms with Crippen LogP contribution in [-0.2, 0) is 19.6 Å². The third-order valence-electron chi connectivity index (χ3n) is 3.99. The fourth-order valence-corrected chi connectivity index (χ4v) is 2.77. The van der Waals surface area contributed by atoms with E-state index >= 15 is 0 Å². The molecule has 0 bridgehead atoms. The van der Waals surface area contributed by atoms with Gasteiger partial charge in [0, 0.05) is 18.8 Å². The summed E-state index contributed by atoms with van der Waals surface area (Å²) in [6.07, 6.45) is 1.11. The van der Waals surface area contributed by atoms with E-state index < -0.39 is 0 Å². The van der Waals surface area contributed by atoms with Crippen LogP contribution in [0.3, 0.4) is 0 Å². The first kappa shape index (κ1) is 12.2. The number of anilines is 1. The van der Waals surface area contributed by atoms with E-state index in [9.17, 15) is 5.11 Å². The maximum absolute atomic E-state index is 9.24. The molecule has 0 saturated carbocycles. The molecule has 2 aromatic carbocycles. The highest BCUT2D eigenvalue weighted by Crippen LogP contribution is 2.26. The first-order chi connectivity index (χ1) is 9.28. The highest BCUT2D eigenvalue weighted by molar-refractivity contribution is 5.53. The molecular formula is C17H19NO. The van der Waals surface area contributed by atoms with Crippen molar-refractivity contribution in [1.29, 1.82) is 0 Å². The van der Waals surface area contributed by atoms with Crippen LogP contribution in [-0.4, -0.2) is 11.7 Å². The van der Waals surface area contributed by atoms with Gasteiger partial charge in [0.15, 0.2) is 0 Å². The second-order valence-electron chi connectivity index (χ2n) is 5.21. The van der Waals surface area contributed by atoms with E-state index in [0.717, 1.165) is 25.1 Å². The zero-order valence-electron chi connectivity index (χ0n) is 11.3. The fourth-order valence-electron chi connectivity index (χ4n) is 2.77. The Labute approximate surface area is 114 Å². The molecule has 0 radical (unpaired) electrons. The van der Waals surface area contributed by atoms with Crippen molar-refractivity contribution in [2.45, 2.75) is 26.5 Å². The second kappa shape index (κ2) is 5.06. The van der Waals surface area contributed by atoms with E-state index in [4.69, 9.17) is 0 Å². The molecule has 0 spiro atoms. The number of nitrogens with zero attached hydrogens (tertiary/aromatic N) is 1. The van der Waals surface area contributed by atoms with E-state index in [2.05, 4.69) is 48.2 Å². The predicted molar refractivity (Wildman–Crippen MR) is 78.3 cm³/mol. The Hall–Kier alpha value is -1.80. The molecule has 1 aliphatic heterocycles. The van der Waals surface area contributed by atoms with Gasteiger partial charge < -0.3 is 10.0 Å². The number of benzene rings is 2. The van der Waals surface area contributed by atoms with Crippen LogP contribution in [0.1, 0.15) is 22.3 Å². The van der Waals surface area contributed by atoms with Crippen molar-refractivity contribution >= 4 is 5.69 Å². The number of hydrogen-bond acceptors (Lipinski definition) is 2. The van der Waals surface area contributed by atoms with Gasteiger partial charge in [-0.2, -0.15) is 0 Å². The molecule has 1 aliphatic rings. The van der Waals surface area contributed by atoms with Crippen molar-refractivity contribution in [3.63, 3.8) is 0 Å². The van der Waals surface area contributed by atoms with Gasteiger partial charge in [-0.1, -0.05) is 30.3 Å². The van der Waals surface area contributed by atoms with E-state index in [1.165, 1.54) is 22.4 Å². The lowest BCUT2D eigenvalue weighted by Crippen LogP contribution is -2.30. The zero-order chi connectivity index (χ0) is 13.2. The summed E-state index contributed by atoms with van der Waals surface area (Å²) in [4.78, 5) is 2.41. The molecule has 2 nitrogen and oxygen atoms in total. The minimum absolute atomic E-state index is 0.120. The molecule has 0 atom stereocenters. The van der Waals surface area contributed by atoms with E-state index in [-0.39, 0.29) is 6.61 Å². The molecule has 0 aromatic heterocycles. The molecule has 3 rings (SSSR count). The highest BCUT2D eigenvalue weighted by atomic mass is 16.3. The van der Waals surface area contributed by atoms with Crippen molar-refractivity contribution in [2.24, 2.45) is 0 Å². The number of fused-ring (bicyclic) bond motifs is 1. The van der Waals surface area contributed by atoms with Crippen LogP contribution in [0.2, 0.25) is 0 Å². The lowest BCUT2D eigenvalue weighted by molar-refractivity contribution is 0.281. The van der Waals surface area contributed by atoms with Crippen LogP contribution in [0.5, 0.6) is 0 Å². The Morgan fingerprint density at radius 1 is 1.11 bits per heavy atom. The van der Waals surface area contributed by atoms with Crippen LogP contribution in [0, 0.1) is 6.92 Å². The van der Waals surface area contributed by atoms with Crippen molar-refractivity contribution < 1.29 is 5.11 Å². The molecule has 1 heterocycles. The predicted octanol–water partition coefficient (Wildman–Crippen LogP) is 3.05. The van der Waals surface area contributed by atoms with Crippen molar-refractivity contribution in [3.05, 3.63) is 64.7 Å². The first-order valence-corrected chi connectivity index (χ1v) is 6.80. The lowest BCUT2D eigenvalue weighted by Gasteiger charge is -2.31. The smallest absolute Gasteiger partial charge is 0.0684 e. The zero-order valence-corrected chi connectivity index (χ0v) is 11.3.